The molecule has 1 heterocycles. The fourth-order valence-electron chi connectivity index (χ4n) is 1.91. The number of nitrogens with zero attached hydrogens (tertiary/aromatic N) is 2. The third-order valence-electron chi connectivity index (χ3n) is 3.66. The molecule has 88 valence electrons. The Bertz CT molecular complexity index is 403. The van der Waals surface area contributed by atoms with E-state index in [1.807, 2.05) is 13.8 Å². The van der Waals surface area contributed by atoms with Crippen LogP contribution in [0.5, 0.6) is 0 Å². The minimum atomic E-state index is 0.127. The van der Waals surface area contributed by atoms with E-state index in [0.29, 0.717) is 6.04 Å². The minimum absolute atomic E-state index is 0.127. The molecule has 1 N–H and O–H groups in total. The third-order valence-corrected chi connectivity index (χ3v) is 4.40. The molecule has 1 aliphatic rings. The van der Waals surface area contributed by atoms with Gasteiger partial charge in [-0.2, -0.15) is 0 Å². The van der Waals surface area contributed by atoms with Crippen LogP contribution in [0.15, 0.2) is 6.20 Å². The number of alkyl halides is 1. The van der Waals surface area contributed by atoms with Crippen molar-refractivity contribution in [2.75, 3.05) is 5.32 Å². The number of nitrogens with one attached hydrogen (secondary N) is 1. The van der Waals surface area contributed by atoms with Gasteiger partial charge in [0.15, 0.2) is 0 Å². The number of aromatic nitrogens is 2. The van der Waals surface area contributed by atoms with Gasteiger partial charge in [-0.15, -0.1) is 11.6 Å². The van der Waals surface area contributed by atoms with Crippen molar-refractivity contribution in [3.63, 3.8) is 0 Å². The van der Waals surface area contributed by atoms with E-state index in [9.17, 15) is 0 Å². The van der Waals surface area contributed by atoms with Gasteiger partial charge < -0.3 is 5.32 Å². The van der Waals surface area contributed by atoms with Crippen molar-refractivity contribution in [2.24, 2.45) is 5.41 Å². The molecule has 1 aromatic rings. The van der Waals surface area contributed by atoms with Crippen LogP contribution in [0.25, 0.3) is 0 Å². The monoisotopic (exact) mass is 239 g/mol. The summed E-state index contributed by atoms with van der Waals surface area (Å²) in [5.41, 5.74) is 2.08. The smallest absolute Gasteiger partial charge is 0.145 e. The Morgan fingerprint density at radius 2 is 2.06 bits per heavy atom. The van der Waals surface area contributed by atoms with E-state index in [1.165, 1.54) is 0 Å². The second kappa shape index (κ2) is 3.88. The minimum Gasteiger partial charge on any atom is -0.365 e. The maximum absolute atomic E-state index is 6.18. The highest BCUT2D eigenvalue weighted by Gasteiger charge is 2.47. The van der Waals surface area contributed by atoms with Crippen molar-refractivity contribution in [1.82, 2.24) is 9.97 Å². The molecule has 0 aromatic carbocycles. The number of hydrogen-bond acceptors (Lipinski definition) is 3. The van der Waals surface area contributed by atoms with Gasteiger partial charge in [0.05, 0.1) is 17.6 Å². The first-order chi connectivity index (χ1) is 7.41. The van der Waals surface area contributed by atoms with Crippen molar-refractivity contribution in [2.45, 2.75) is 45.5 Å². The van der Waals surface area contributed by atoms with E-state index >= 15 is 0 Å². The van der Waals surface area contributed by atoms with Crippen molar-refractivity contribution in [3.8, 4) is 0 Å². The molecule has 3 nitrogen and oxygen atoms in total. The van der Waals surface area contributed by atoms with Crippen molar-refractivity contribution < 1.29 is 0 Å². The zero-order valence-corrected chi connectivity index (χ0v) is 11.0. The van der Waals surface area contributed by atoms with Crippen LogP contribution in [0.2, 0.25) is 0 Å². The zero-order chi connectivity index (χ0) is 11.9. The maximum Gasteiger partial charge on any atom is 0.145 e. The third kappa shape index (κ3) is 1.88. The molecule has 0 bridgehead atoms. The fraction of sp³-hybridized carbons (Fsp3) is 0.667. The van der Waals surface area contributed by atoms with Crippen LogP contribution >= 0.6 is 11.6 Å². The molecule has 0 radical (unpaired) electrons. The second-order valence-electron chi connectivity index (χ2n) is 5.15. The van der Waals surface area contributed by atoms with Crippen molar-refractivity contribution >= 4 is 17.4 Å². The van der Waals surface area contributed by atoms with Crippen molar-refractivity contribution in [3.05, 3.63) is 17.6 Å². The lowest BCUT2D eigenvalue weighted by Gasteiger charge is -2.49. The van der Waals surface area contributed by atoms with E-state index in [0.717, 1.165) is 23.6 Å². The van der Waals surface area contributed by atoms with E-state index in [-0.39, 0.29) is 10.8 Å². The Hall–Kier alpha value is -0.830. The average Bonchev–Trinajstić information content (AvgIpc) is 2.23. The predicted molar refractivity (Wildman–Crippen MR) is 67.0 cm³/mol. The fourth-order valence-corrected chi connectivity index (χ4v) is 2.24. The van der Waals surface area contributed by atoms with Gasteiger partial charge in [-0.3, -0.25) is 4.98 Å². The number of rotatable bonds is 2. The molecule has 2 atom stereocenters. The van der Waals surface area contributed by atoms with Gasteiger partial charge in [0, 0.05) is 16.8 Å². The molecular weight excluding hydrogens is 222 g/mol. The Kier molecular flexibility index (Phi) is 2.82. The molecule has 1 saturated carbocycles. The van der Waals surface area contributed by atoms with Crippen LogP contribution in [0.4, 0.5) is 5.82 Å². The molecule has 4 heteroatoms. The molecule has 1 aliphatic carbocycles. The van der Waals surface area contributed by atoms with Gasteiger partial charge >= 0.3 is 0 Å². The first-order valence-electron chi connectivity index (χ1n) is 5.62. The van der Waals surface area contributed by atoms with E-state index in [2.05, 4.69) is 29.1 Å². The number of anilines is 1. The summed E-state index contributed by atoms with van der Waals surface area (Å²) in [5, 5.41) is 3.66. The summed E-state index contributed by atoms with van der Waals surface area (Å²) in [6.45, 7) is 8.30. The van der Waals surface area contributed by atoms with Crippen LogP contribution in [-0.2, 0) is 0 Å². The molecule has 0 amide bonds. The summed E-state index contributed by atoms with van der Waals surface area (Å²) < 4.78 is 0. The lowest BCUT2D eigenvalue weighted by atomic mass is 9.67. The summed E-state index contributed by atoms with van der Waals surface area (Å²) in [6, 6.07) is 0.395. The Labute approximate surface area is 102 Å². The lowest BCUT2D eigenvalue weighted by molar-refractivity contribution is 0.168. The highest BCUT2D eigenvalue weighted by atomic mass is 35.5. The van der Waals surface area contributed by atoms with Gasteiger partial charge in [-0.05, 0) is 20.3 Å². The van der Waals surface area contributed by atoms with Gasteiger partial charge in [0.1, 0.15) is 5.82 Å². The molecule has 0 aliphatic heterocycles. The molecule has 1 aromatic heterocycles. The molecule has 2 unspecified atom stereocenters. The Morgan fingerprint density at radius 1 is 1.38 bits per heavy atom. The number of halogens is 1. The first-order valence-corrected chi connectivity index (χ1v) is 6.05. The van der Waals surface area contributed by atoms with Crippen LogP contribution in [0.1, 0.15) is 31.7 Å². The van der Waals surface area contributed by atoms with Gasteiger partial charge in [-0.1, -0.05) is 13.8 Å². The highest BCUT2D eigenvalue weighted by Crippen LogP contribution is 2.45. The molecular formula is C12H18ClN3. The molecule has 1 fully saturated rings. The van der Waals surface area contributed by atoms with E-state index < -0.39 is 0 Å². The zero-order valence-electron chi connectivity index (χ0n) is 10.2. The SMILES string of the molecule is Cc1ncc(NC2CC(Cl)C2(C)C)nc1C. The summed E-state index contributed by atoms with van der Waals surface area (Å²) in [4.78, 5) is 8.77. The van der Waals surface area contributed by atoms with Crippen LogP contribution < -0.4 is 5.32 Å². The summed E-state index contributed by atoms with van der Waals surface area (Å²) in [6.07, 6.45) is 2.78. The molecule has 16 heavy (non-hydrogen) atoms. The summed E-state index contributed by atoms with van der Waals surface area (Å²) >= 11 is 6.18. The van der Waals surface area contributed by atoms with Crippen LogP contribution in [-0.4, -0.2) is 21.4 Å². The van der Waals surface area contributed by atoms with Crippen LogP contribution in [0.3, 0.4) is 0 Å². The molecule has 2 rings (SSSR count). The largest absolute Gasteiger partial charge is 0.365 e. The highest BCUT2D eigenvalue weighted by molar-refractivity contribution is 6.21. The Balaban J connectivity index is 2.08. The first kappa shape index (κ1) is 11.6. The topological polar surface area (TPSA) is 37.8 Å². The van der Waals surface area contributed by atoms with Gasteiger partial charge in [0.25, 0.3) is 0 Å². The Morgan fingerprint density at radius 3 is 2.56 bits per heavy atom. The number of hydrogen-bond donors (Lipinski definition) is 1. The molecule has 0 saturated heterocycles. The van der Waals surface area contributed by atoms with Crippen LogP contribution in [0, 0.1) is 19.3 Å². The number of aryl methyl sites for hydroxylation is 2. The van der Waals surface area contributed by atoms with Crippen molar-refractivity contribution in [1.29, 1.82) is 0 Å². The lowest BCUT2D eigenvalue weighted by Crippen LogP contribution is -2.54. The summed E-state index contributed by atoms with van der Waals surface area (Å²) in [7, 11) is 0. The predicted octanol–water partition coefficient (Wildman–Crippen LogP) is 2.91. The standard InChI is InChI=1S/C12H18ClN3/c1-7-8(2)15-11(6-14-7)16-10-5-9(13)12(10,3)4/h6,9-10H,5H2,1-4H3,(H,15,16). The maximum atomic E-state index is 6.18. The van der Waals surface area contributed by atoms with Gasteiger partial charge in [-0.25, -0.2) is 4.98 Å². The summed E-state index contributed by atoms with van der Waals surface area (Å²) in [5.74, 6) is 0.852. The molecule has 0 spiro atoms. The van der Waals surface area contributed by atoms with Gasteiger partial charge in [0.2, 0.25) is 0 Å². The average molecular weight is 240 g/mol. The van der Waals surface area contributed by atoms with E-state index in [1.54, 1.807) is 6.20 Å². The van der Waals surface area contributed by atoms with E-state index in [4.69, 9.17) is 11.6 Å². The second-order valence-corrected chi connectivity index (χ2v) is 5.67. The normalized spacial score (nSPS) is 27.3. The quantitative estimate of drug-likeness (QED) is 0.807.